The molecule has 0 radical (unpaired) electrons. The van der Waals surface area contributed by atoms with E-state index in [0.29, 0.717) is 13.2 Å². The van der Waals surface area contributed by atoms with Crippen LogP contribution in [-0.2, 0) is 9.53 Å². The van der Waals surface area contributed by atoms with Gasteiger partial charge in [-0.25, -0.2) is 4.79 Å². The molecule has 6 heteroatoms. The lowest BCUT2D eigenvalue weighted by Gasteiger charge is -2.19. The molecule has 0 aliphatic heterocycles. The fourth-order valence-electron chi connectivity index (χ4n) is 0.850. The minimum absolute atomic E-state index is 0.101. The molecule has 2 amide bonds. The van der Waals surface area contributed by atoms with Crippen LogP contribution in [0.5, 0.6) is 0 Å². The number of urea groups is 1. The van der Waals surface area contributed by atoms with E-state index in [2.05, 4.69) is 15.4 Å². The minimum atomic E-state index is -0.432. The number of nitrogens with zero attached hydrogens (tertiary/aromatic N) is 1. The summed E-state index contributed by atoms with van der Waals surface area (Å²) in [5.74, 6) is -0.432. The average molecular weight is 231 g/mol. The van der Waals surface area contributed by atoms with Crippen molar-refractivity contribution in [3.05, 3.63) is 0 Å². The van der Waals surface area contributed by atoms with E-state index in [4.69, 9.17) is 0 Å². The summed E-state index contributed by atoms with van der Waals surface area (Å²) >= 11 is 0. The topological polar surface area (TPSA) is 70.7 Å². The van der Waals surface area contributed by atoms with E-state index >= 15 is 0 Å². The predicted molar refractivity (Wildman–Crippen MR) is 61.2 cm³/mol. The second-order valence-electron chi connectivity index (χ2n) is 3.68. The van der Waals surface area contributed by atoms with Crippen LogP contribution in [0.2, 0.25) is 0 Å². The van der Waals surface area contributed by atoms with Gasteiger partial charge < -0.3 is 20.3 Å². The monoisotopic (exact) mass is 231 g/mol. The molecule has 0 aromatic heterocycles. The second-order valence-corrected chi connectivity index (χ2v) is 3.68. The zero-order valence-corrected chi connectivity index (χ0v) is 10.4. The molecular weight excluding hydrogens is 210 g/mol. The minimum Gasteiger partial charge on any atom is -0.465 e. The van der Waals surface area contributed by atoms with Gasteiger partial charge in [-0.1, -0.05) is 0 Å². The number of carbonyl (C=O) groups excluding carboxylic acids is 2. The Bertz CT molecular complexity index is 231. The summed E-state index contributed by atoms with van der Waals surface area (Å²) in [5, 5.41) is 5.08. The van der Waals surface area contributed by atoms with Crippen LogP contribution in [0.1, 0.15) is 13.8 Å². The van der Waals surface area contributed by atoms with Gasteiger partial charge in [0.25, 0.3) is 0 Å². The second kappa shape index (κ2) is 7.92. The number of esters is 1. The van der Waals surface area contributed by atoms with E-state index in [9.17, 15) is 9.59 Å². The van der Waals surface area contributed by atoms with Gasteiger partial charge in [0, 0.05) is 12.6 Å². The van der Waals surface area contributed by atoms with Gasteiger partial charge in [0.2, 0.25) is 0 Å². The van der Waals surface area contributed by atoms with E-state index in [0.717, 1.165) is 0 Å². The molecule has 6 nitrogen and oxygen atoms in total. The maximum absolute atomic E-state index is 11.2. The van der Waals surface area contributed by atoms with Crippen molar-refractivity contribution in [2.45, 2.75) is 19.9 Å². The van der Waals surface area contributed by atoms with Gasteiger partial charge in [-0.2, -0.15) is 0 Å². The number of amides is 2. The maximum Gasteiger partial charge on any atom is 0.325 e. The molecule has 0 rings (SSSR count). The highest BCUT2D eigenvalue weighted by Gasteiger charge is 2.08. The van der Waals surface area contributed by atoms with Crippen LogP contribution >= 0.6 is 0 Å². The summed E-state index contributed by atoms with van der Waals surface area (Å²) < 4.78 is 4.67. The summed E-state index contributed by atoms with van der Waals surface area (Å²) in [5.41, 5.74) is 0. The van der Waals surface area contributed by atoms with Crippen molar-refractivity contribution in [3.8, 4) is 0 Å². The lowest BCUT2D eigenvalue weighted by Crippen LogP contribution is -2.44. The number of hydrogen-bond donors (Lipinski definition) is 2. The quantitative estimate of drug-likeness (QED) is 0.621. The van der Waals surface area contributed by atoms with Crippen molar-refractivity contribution in [2.75, 3.05) is 33.8 Å². The summed E-state index contributed by atoms with van der Waals surface area (Å²) in [6.45, 7) is 4.46. The van der Waals surface area contributed by atoms with Gasteiger partial charge in [-0.3, -0.25) is 4.79 Å². The van der Waals surface area contributed by atoms with Crippen molar-refractivity contribution in [2.24, 2.45) is 0 Å². The van der Waals surface area contributed by atoms with Crippen LogP contribution in [0.15, 0.2) is 0 Å². The largest absolute Gasteiger partial charge is 0.465 e. The Morgan fingerprint density at radius 3 is 2.44 bits per heavy atom. The number of ether oxygens (including phenoxy) is 1. The first kappa shape index (κ1) is 14.7. The van der Waals surface area contributed by atoms with E-state index in [-0.39, 0.29) is 18.6 Å². The van der Waals surface area contributed by atoms with Crippen LogP contribution < -0.4 is 10.6 Å². The van der Waals surface area contributed by atoms with Crippen LogP contribution in [0, 0.1) is 0 Å². The highest BCUT2D eigenvalue weighted by molar-refractivity contribution is 5.80. The Morgan fingerprint density at radius 1 is 1.31 bits per heavy atom. The summed E-state index contributed by atoms with van der Waals surface area (Å²) in [6, 6.07) is -0.116. The lowest BCUT2D eigenvalue weighted by molar-refractivity contribution is -0.141. The summed E-state index contributed by atoms with van der Waals surface area (Å²) in [4.78, 5) is 24.1. The number of nitrogens with one attached hydrogen (secondary N) is 2. The molecule has 0 saturated heterocycles. The lowest BCUT2D eigenvalue weighted by atomic mass is 10.3. The third kappa shape index (κ3) is 7.05. The van der Waals surface area contributed by atoms with Crippen LogP contribution in [0.4, 0.5) is 4.79 Å². The van der Waals surface area contributed by atoms with Crippen LogP contribution in [0.3, 0.4) is 0 Å². The molecule has 0 heterocycles. The molecule has 1 atom stereocenters. The van der Waals surface area contributed by atoms with E-state index < -0.39 is 5.97 Å². The van der Waals surface area contributed by atoms with Crippen molar-refractivity contribution in [1.82, 2.24) is 15.5 Å². The van der Waals surface area contributed by atoms with Gasteiger partial charge in [0.15, 0.2) is 0 Å². The maximum atomic E-state index is 11.2. The average Bonchev–Trinajstić information content (AvgIpc) is 2.23. The zero-order valence-electron chi connectivity index (χ0n) is 10.4. The Morgan fingerprint density at radius 2 is 1.94 bits per heavy atom. The molecular formula is C10H21N3O3. The van der Waals surface area contributed by atoms with Gasteiger partial charge in [-0.05, 0) is 27.9 Å². The molecule has 1 unspecified atom stereocenters. The SMILES string of the molecule is CCOC(=O)CNC(=O)NCC(C)N(C)C. The fourth-order valence-corrected chi connectivity index (χ4v) is 0.850. The Hall–Kier alpha value is -1.30. The molecule has 0 aliphatic carbocycles. The van der Waals surface area contributed by atoms with Gasteiger partial charge in [0.1, 0.15) is 6.54 Å². The predicted octanol–water partition coefficient (Wildman–Crippen LogP) is -0.201. The van der Waals surface area contributed by atoms with Crippen molar-refractivity contribution in [3.63, 3.8) is 0 Å². The van der Waals surface area contributed by atoms with Gasteiger partial charge in [0.05, 0.1) is 6.61 Å². The van der Waals surface area contributed by atoms with Crippen molar-refractivity contribution < 1.29 is 14.3 Å². The molecule has 16 heavy (non-hydrogen) atoms. The van der Waals surface area contributed by atoms with E-state index in [1.807, 2.05) is 25.9 Å². The first-order valence-electron chi connectivity index (χ1n) is 5.31. The Kier molecular flexibility index (Phi) is 7.28. The van der Waals surface area contributed by atoms with Crippen molar-refractivity contribution in [1.29, 1.82) is 0 Å². The first-order chi connectivity index (χ1) is 7.47. The highest BCUT2D eigenvalue weighted by Crippen LogP contribution is 1.87. The number of likely N-dealkylation sites (N-methyl/N-ethyl adjacent to an activating group) is 1. The molecule has 94 valence electrons. The molecule has 0 bridgehead atoms. The third-order valence-corrected chi connectivity index (χ3v) is 2.14. The molecule has 0 fully saturated rings. The fraction of sp³-hybridized carbons (Fsp3) is 0.800. The van der Waals surface area contributed by atoms with E-state index in [1.165, 1.54) is 0 Å². The Balaban J connectivity index is 3.63. The molecule has 0 aliphatic rings. The smallest absolute Gasteiger partial charge is 0.325 e. The van der Waals surface area contributed by atoms with Gasteiger partial charge >= 0.3 is 12.0 Å². The molecule has 2 N–H and O–H groups in total. The standard InChI is InChI=1S/C10H21N3O3/c1-5-16-9(14)7-12-10(15)11-6-8(2)13(3)4/h8H,5-7H2,1-4H3,(H2,11,12,15). The molecule has 0 spiro atoms. The Labute approximate surface area is 96.3 Å². The van der Waals surface area contributed by atoms with Crippen LogP contribution in [-0.4, -0.2) is 56.7 Å². The molecule has 0 aromatic carbocycles. The molecule has 0 saturated carbocycles. The van der Waals surface area contributed by atoms with E-state index in [1.54, 1.807) is 6.92 Å². The zero-order chi connectivity index (χ0) is 12.6. The van der Waals surface area contributed by atoms with Gasteiger partial charge in [-0.15, -0.1) is 0 Å². The summed E-state index contributed by atoms with van der Waals surface area (Å²) in [7, 11) is 3.87. The summed E-state index contributed by atoms with van der Waals surface area (Å²) in [6.07, 6.45) is 0. The highest BCUT2D eigenvalue weighted by atomic mass is 16.5. The molecule has 0 aromatic rings. The van der Waals surface area contributed by atoms with Crippen LogP contribution in [0.25, 0.3) is 0 Å². The first-order valence-corrected chi connectivity index (χ1v) is 5.31. The third-order valence-electron chi connectivity index (χ3n) is 2.14. The number of hydrogen-bond acceptors (Lipinski definition) is 4. The number of rotatable bonds is 6. The number of carbonyl (C=O) groups is 2. The normalized spacial score (nSPS) is 12.1. The van der Waals surface area contributed by atoms with Crippen molar-refractivity contribution >= 4 is 12.0 Å².